The summed E-state index contributed by atoms with van der Waals surface area (Å²) in [4.78, 5) is 0. The van der Waals surface area contributed by atoms with Crippen molar-refractivity contribution in [3.05, 3.63) is 35.4 Å². The normalized spacial score (nSPS) is 32.8. The lowest BCUT2D eigenvalue weighted by Crippen LogP contribution is -2.27. The molecule has 2 unspecified atom stereocenters. The van der Waals surface area contributed by atoms with Crippen LogP contribution in [0.5, 0.6) is 0 Å². The zero-order valence-electron chi connectivity index (χ0n) is 14.1. The average molecular weight is 302 g/mol. The van der Waals surface area contributed by atoms with Crippen molar-refractivity contribution < 1.29 is 9.47 Å². The largest absolute Gasteiger partial charge is 0.376 e. The Morgan fingerprint density at radius 3 is 2.23 bits per heavy atom. The van der Waals surface area contributed by atoms with Gasteiger partial charge in [0.15, 0.2) is 0 Å². The molecule has 0 spiro atoms. The predicted molar refractivity (Wildman–Crippen MR) is 90.2 cm³/mol. The molecular formula is C20H30O2. The second-order valence-corrected chi connectivity index (χ2v) is 7.10. The maximum Gasteiger partial charge on any atom is 0.0827 e. The molecule has 1 aromatic carbocycles. The number of rotatable bonds is 4. The van der Waals surface area contributed by atoms with Crippen LogP contribution < -0.4 is 0 Å². The van der Waals surface area contributed by atoms with E-state index in [2.05, 4.69) is 38.1 Å². The minimum atomic E-state index is 0.261. The molecule has 0 radical (unpaired) electrons. The van der Waals surface area contributed by atoms with Crippen molar-refractivity contribution in [3.63, 3.8) is 0 Å². The highest BCUT2D eigenvalue weighted by Crippen LogP contribution is 2.36. The van der Waals surface area contributed by atoms with Gasteiger partial charge in [-0.3, -0.25) is 0 Å². The van der Waals surface area contributed by atoms with Crippen LogP contribution in [0.4, 0.5) is 0 Å². The van der Waals surface area contributed by atoms with Crippen LogP contribution in [0.3, 0.4) is 0 Å². The molecule has 1 aromatic rings. The lowest BCUT2D eigenvalue weighted by molar-refractivity contribution is -0.0840. The van der Waals surface area contributed by atoms with E-state index in [1.54, 1.807) is 0 Å². The Morgan fingerprint density at radius 2 is 1.64 bits per heavy atom. The van der Waals surface area contributed by atoms with Crippen LogP contribution in [0, 0.1) is 5.92 Å². The lowest BCUT2D eigenvalue weighted by atomic mass is 9.79. The van der Waals surface area contributed by atoms with E-state index in [0.29, 0.717) is 6.10 Å². The summed E-state index contributed by atoms with van der Waals surface area (Å²) in [6.45, 7) is 5.96. The van der Waals surface area contributed by atoms with Gasteiger partial charge in [0.25, 0.3) is 0 Å². The highest BCUT2D eigenvalue weighted by atomic mass is 16.5. The van der Waals surface area contributed by atoms with Crippen LogP contribution in [0.2, 0.25) is 0 Å². The van der Waals surface area contributed by atoms with Crippen LogP contribution in [0.1, 0.15) is 75.5 Å². The fourth-order valence-electron chi connectivity index (χ4n) is 3.93. The van der Waals surface area contributed by atoms with E-state index < -0.39 is 0 Å². The van der Waals surface area contributed by atoms with Crippen LogP contribution in [0.15, 0.2) is 24.3 Å². The summed E-state index contributed by atoms with van der Waals surface area (Å²) in [5.74, 6) is 1.70. The first kappa shape index (κ1) is 16.0. The van der Waals surface area contributed by atoms with Gasteiger partial charge in [-0.15, -0.1) is 0 Å². The van der Waals surface area contributed by atoms with Crippen LogP contribution in [-0.2, 0) is 9.47 Å². The molecule has 1 heterocycles. The van der Waals surface area contributed by atoms with E-state index >= 15 is 0 Å². The average Bonchev–Trinajstić information content (AvgIpc) is 2.57. The summed E-state index contributed by atoms with van der Waals surface area (Å²) < 4.78 is 11.7. The summed E-state index contributed by atoms with van der Waals surface area (Å²) in [5, 5.41) is 0. The van der Waals surface area contributed by atoms with Crippen LogP contribution >= 0.6 is 0 Å². The van der Waals surface area contributed by atoms with E-state index in [1.165, 1.54) is 36.8 Å². The fraction of sp³-hybridized carbons (Fsp3) is 0.700. The van der Waals surface area contributed by atoms with Crippen molar-refractivity contribution >= 4 is 0 Å². The van der Waals surface area contributed by atoms with Gasteiger partial charge in [-0.05, 0) is 55.6 Å². The monoisotopic (exact) mass is 302 g/mol. The summed E-state index contributed by atoms with van der Waals surface area (Å²) in [6.07, 6.45) is 8.23. The molecule has 122 valence electrons. The zero-order chi connectivity index (χ0) is 15.4. The molecule has 1 saturated carbocycles. The van der Waals surface area contributed by atoms with Gasteiger partial charge >= 0.3 is 0 Å². The number of hydrogen-bond acceptors (Lipinski definition) is 2. The molecule has 2 fully saturated rings. The maximum absolute atomic E-state index is 6.00. The first-order valence-electron chi connectivity index (χ1n) is 9.09. The number of hydrogen-bond donors (Lipinski definition) is 0. The van der Waals surface area contributed by atoms with E-state index in [-0.39, 0.29) is 6.10 Å². The van der Waals surface area contributed by atoms with Gasteiger partial charge in [0.05, 0.1) is 18.8 Å². The molecule has 2 heteroatoms. The van der Waals surface area contributed by atoms with Gasteiger partial charge in [0, 0.05) is 6.61 Å². The predicted octanol–water partition coefficient (Wildman–Crippen LogP) is 5.24. The Kier molecular flexibility index (Phi) is 5.54. The smallest absolute Gasteiger partial charge is 0.0827 e. The summed E-state index contributed by atoms with van der Waals surface area (Å²) in [7, 11) is 0. The molecular weight excluding hydrogens is 272 g/mol. The van der Waals surface area contributed by atoms with Gasteiger partial charge in [-0.1, -0.05) is 44.0 Å². The molecule has 0 aromatic heterocycles. The minimum Gasteiger partial charge on any atom is -0.376 e. The Balaban J connectivity index is 1.56. The zero-order valence-corrected chi connectivity index (χ0v) is 14.1. The van der Waals surface area contributed by atoms with Gasteiger partial charge < -0.3 is 9.47 Å². The third-order valence-electron chi connectivity index (χ3n) is 5.43. The summed E-state index contributed by atoms with van der Waals surface area (Å²) in [5.41, 5.74) is 2.86. The molecule has 0 amide bonds. The van der Waals surface area contributed by atoms with Gasteiger partial charge in [-0.25, -0.2) is 0 Å². The van der Waals surface area contributed by atoms with Crippen molar-refractivity contribution in [2.75, 3.05) is 13.2 Å². The highest BCUT2D eigenvalue weighted by molar-refractivity contribution is 5.27. The van der Waals surface area contributed by atoms with Crippen molar-refractivity contribution in [1.29, 1.82) is 0 Å². The molecule has 2 aliphatic rings. The highest BCUT2D eigenvalue weighted by Gasteiger charge is 2.24. The molecule has 1 aliphatic heterocycles. The Morgan fingerprint density at radius 1 is 0.955 bits per heavy atom. The van der Waals surface area contributed by atoms with Gasteiger partial charge in [0.1, 0.15) is 0 Å². The molecule has 1 saturated heterocycles. The second-order valence-electron chi connectivity index (χ2n) is 7.10. The van der Waals surface area contributed by atoms with E-state index in [1.807, 2.05) is 0 Å². The molecule has 2 atom stereocenters. The Hall–Kier alpha value is -0.860. The fourth-order valence-corrected chi connectivity index (χ4v) is 3.93. The Bertz CT molecular complexity index is 437. The van der Waals surface area contributed by atoms with E-state index in [4.69, 9.17) is 9.47 Å². The number of benzene rings is 1. The third-order valence-corrected chi connectivity index (χ3v) is 5.43. The minimum absolute atomic E-state index is 0.261. The third kappa shape index (κ3) is 3.91. The molecule has 1 aliphatic carbocycles. The van der Waals surface area contributed by atoms with E-state index in [9.17, 15) is 0 Å². The summed E-state index contributed by atoms with van der Waals surface area (Å²) in [6, 6.07) is 9.26. The maximum atomic E-state index is 6.00. The van der Waals surface area contributed by atoms with Crippen molar-refractivity contribution in [3.8, 4) is 0 Å². The van der Waals surface area contributed by atoms with Crippen LogP contribution in [-0.4, -0.2) is 19.3 Å². The SMILES string of the molecule is CCOC1CCC(c2ccc(C3CCC(C)CC3)cc2)OC1. The van der Waals surface area contributed by atoms with Crippen molar-refractivity contribution in [2.24, 2.45) is 5.92 Å². The summed E-state index contributed by atoms with van der Waals surface area (Å²) >= 11 is 0. The lowest BCUT2D eigenvalue weighted by Gasteiger charge is -2.30. The van der Waals surface area contributed by atoms with Gasteiger partial charge in [0.2, 0.25) is 0 Å². The Labute approximate surface area is 135 Å². The first-order chi connectivity index (χ1) is 10.8. The quantitative estimate of drug-likeness (QED) is 0.757. The first-order valence-corrected chi connectivity index (χ1v) is 9.09. The second kappa shape index (κ2) is 7.61. The standard InChI is InChI=1S/C20H30O2/c1-3-21-19-12-13-20(22-14-19)18-10-8-17(9-11-18)16-6-4-15(2)5-7-16/h8-11,15-16,19-20H,3-7,12-14H2,1-2H3. The van der Waals surface area contributed by atoms with Crippen molar-refractivity contribution in [2.45, 2.75) is 70.5 Å². The van der Waals surface area contributed by atoms with Crippen LogP contribution in [0.25, 0.3) is 0 Å². The molecule has 22 heavy (non-hydrogen) atoms. The molecule has 2 nitrogen and oxygen atoms in total. The molecule has 0 N–H and O–H groups in total. The van der Waals surface area contributed by atoms with Crippen molar-refractivity contribution in [1.82, 2.24) is 0 Å². The molecule has 3 rings (SSSR count). The van der Waals surface area contributed by atoms with E-state index in [0.717, 1.165) is 37.9 Å². The topological polar surface area (TPSA) is 18.5 Å². The molecule has 0 bridgehead atoms. The van der Waals surface area contributed by atoms with Gasteiger partial charge in [-0.2, -0.15) is 0 Å². The number of ether oxygens (including phenoxy) is 2.